The molecule has 0 aliphatic rings. The first-order valence-corrected chi connectivity index (χ1v) is 4.67. The smallest absolute Gasteiger partial charge is 0.145 e. The number of hydrogen-bond donors (Lipinski definition) is 1. The minimum absolute atomic E-state index is 0.0500. The van der Waals surface area contributed by atoms with Gasteiger partial charge in [-0.2, -0.15) is 0 Å². The lowest BCUT2D eigenvalue weighted by atomic mass is 10.3. The molecule has 0 amide bonds. The zero-order valence-corrected chi connectivity index (χ0v) is 8.13. The summed E-state index contributed by atoms with van der Waals surface area (Å²) in [4.78, 5) is 4.02. The molecule has 1 aromatic carbocycles. The van der Waals surface area contributed by atoms with Crippen molar-refractivity contribution < 1.29 is 9.84 Å². The van der Waals surface area contributed by atoms with Crippen molar-refractivity contribution in [2.45, 2.75) is 6.61 Å². The third-order valence-electron chi connectivity index (χ3n) is 1.94. The molecule has 0 atom stereocenters. The van der Waals surface area contributed by atoms with Gasteiger partial charge in [-0.25, -0.2) is 0 Å². The summed E-state index contributed by atoms with van der Waals surface area (Å²) in [5.41, 5.74) is 0.635. The molecule has 3 heteroatoms. The summed E-state index contributed by atoms with van der Waals surface area (Å²) in [6, 6.07) is 13.0. The van der Waals surface area contributed by atoms with Gasteiger partial charge in [-0.3, -0.25) is 4.98 Å². The number of ether oxygens (including phenoxy) is 1. The minimum Gasteiger partial charge on any atom is -0.456 e. The molecule has 1 aromatic heterocycles. The summed E-state index contributed by atoms with van der Waals surface area (Å²) < 4.78 is 5.53. The van der Waals surface area contributed by atoms with Gasteiger partial charge in [0.25, 0.3) is 0 Å². The van der Waals surface area contributed by atoms with Crippen LogP contribution in [0.5, 0.6) is 11.5 Å². The number of rotatable bonds is 3. The van der Waals surface area contributed by atoms with Gasteiger partial charge < -0.3 is 9.84 Å². The standard InChI is InChI=1S/C12H11NO2/c14-9-10-6-7-12(8-13-10)15-11-4-2-1-3-5-11/h1-8,14H,9H2. The lowest BCUT2D eigenvalue weighted by molar-refractivity contribution is 0.276. The van der Waals surface area contributed by atoms with Crippen LogP contribution in [0.2, 0.25) is 0 Å². The van der Waals surface area contributed by atoms with Crippen molar-refractivity contribution in [3.8, 4) is 11.5 Å². The third-order valence-corrected chi connectivity index (χ3v) is 1.94. The van der Waals surface area contributed by atoms with E-state index in [0.717, 1.165) is 5.75 Å². The first-order valence-electron chi connectivity index (χ1n) is 4.67. The van der Waals surface area contributed by atoms with Gasteiger partial charge in [0.2, 0.25) is 0 Å². The summed E-state index contributed by atoms with van der Waals surface area (Å²) in [7, 11) is 0. The zero-order chi connectivity index (χ0) is 10.5. The van der Waals surface area contributed by atoms with E-state index in [2.05, 4.69) is 4.98 Å². The number of aliphatic hydroxyl groups is 1. The number of para-hydroxylation sites is 1. The Balaban J connectivity index is 2.11. The maximum Gasteiger partial charge on any atom is 0.145 e. The van der Waals surface area contributed by atoms with Crippen molar-refractivity contribution >= 4 is 0 Å². The highest BCUT2D eigenvalue weighted by atomic mass is 16.5. The van der Waals surface area contributed by atoms with E-state index in [1.54, 1.807) is 18.3 Å². The number of benzene rings is 1. The summed E-state index contributed by atoms with van der Waals surface area (Å²) in [6.07, 6.45) is 1.60. The molecule has 0 aliphatic carbocycles. The van der Waals surface area contributed by atoms with Crippen LogP contribution in [0.4, 0.5) is 0 Å². The zero-order valence-electron chi connectivity index (χ0n) is 8.13. The highest BCUT2D eigenvalue weighted by Gasteiger charge is 1.97. The largest absolute Gasteiger partial charge is 0.456 e. The van der Waals surface area contributed by atoms with Crippen LogP contribution in [0.1, 0.15) is 5.69 Å². The Morgan fingerprint density at radius 3 is 2.40 bits per heavy atom. The van der Waals surface area contributed by atoms with Gasteiger partial charge in [0, 0.05) is 0 Å². The Labute approximate surface area is 88.0 Å². The van der Waals surface area contributed by atoms with E-state index < -0.39 is 0 Å². The number of aromatic nitrogens is 1. The second-order valence-corrected chi connectivity index (χ2v) is 3.06. The molecule has 76 valence electrons. The predicted molar refractivity (Wildman–Crippen MR) is 56.7 cm³/mol. The predicted octanol–water partition coefficient (Wildman–Crippen LogP) is 2.37. The fourth-order valence-electron chi connectivity index (χ4n) is 1.19. The van der Waals surface area contributed by atoms with Crippen molar-refractivity contribution in [2.75, 3.05) is 0 Å². The van der Waals surface area contributed by atoms with E-state index in [9.17, 15) is 0 Å². The Bertz CT molecular complexity index is 411. The van der Waals surface area contributed by atoms with Gasteiger partial charge in [0.1, 0.15) is 11.5 Å². The Kier molecular flexibility index (Phi) is 2.95. The van der Waals surface area contributed by atoms with Crippen molar-refractivity contribution in [3.05, 3.63) is 54.4 Å². The molecule has 0 saturated heterocycles. The normalized spacial score (nSPS) is 9.93. The molecule has 15 heavy (non-hydrogen) atoms. The van der Waals surface area contributed by atoms with Crippen molar-refractivity contribution in [1.82, 2.24) is 4.98 Å². The summed E-state index contributed by atoms with van der Waals surface area (Å²) in [6.45, 7) is -0.0500. The first-order chi connectivity index (χ1) is 7.38. The highest BCUT2D eigenvalue weighted by Crippen LogP contribution is 2.19. The molecule has 0 bridgehead atoms. The molecule has 0 unspecified atom stereocenters. The molecule has 3 nitrogen and oxygen atoms in total. The molecule has 0 aliphatic heterocycles. The number of hydrogen-bond acceptors (Lipinski definition) is 3. The van der Waals surface area contributed by atoms with E-state index in [-0.39, 0.29) is 6.61 Å². The maximum atomic E-state index is 8.81. The average Bonchev–Trinajstić information content (AvgIpc) is 2.31. The molecule has 0 radical (unpaired) electrons. The van der Waals surface area contributed by atoms with Crippen molar-refractivity contribution in [1.29, 1.82) is 0 Å². The van der Waals surface area contributed by atoms with Gasteiger partial charge in [-0.15, -0.1) is 0 Å². The summed E-state index contributed by atoms with van der Waals surface area (Å²) >= 11 is 0. The SMILES string of the molecule is OCc1ccc(Oc2ccccc2)cn1. The molecule has 0 spiro atoms. The van der Waals surface area contributed by atoms with Crippen LogP contribution in [0.15, 0.2) is 48.7 Å². The van der Waals surface area contributed by atoms with Crippen LogP contribution in [0.3, 0.4) is 0 Å². The van der Waals surface area contributed by atoms with E-state index in [1.165, 1.54) is 0 Å². The van der Waals surface area contributed by atoms with Crippen LogP contribution in [0, 0.1) is 0 Å². The van der Waals surface area contributed by atoms with Gasteiger partial charge in [0.05, 0.1) is 18.5 Å². The molecule has 2 aromatic rings. The highest BCUT2D eigenvalue weighted by molar-refractivity contribution is 5.29. The quantitative estimate of drug-likeness (QED) is 0.828. The maximum absolute atomic E-state index is 8.81. The summed E-state index contributed by atoms with van der Waals surface area (Å²) in [5.74, 6) is 1.44. The van der Waals surface area contributed by atoms with Gasteiger partial charge in [0.15, 0.2) is 0 Å². The molecular weight excluding hydrogens is 190 g/mol. The second-order valence-electron chi connectivity index (χ2n) is 3.06. The molecule has 1 N–H and O–H groups in total. The minimum atomic E-state index is -0.0500. The van der Waals surface area contributed by atoms with E-state index in [0.29, 0.717) is 11.4 Å². The number of aliphatic hydroxyl groups excluding tert-OH is 1. The monoisotopic (exact) mass is 201 g/mol. The first kappa shape index (κ1) is 9.68. The van der Waals surface area contributed by atoms with Crippen molar-refractivity contribution in [2.24, 2.45) is 0 Å². The van der Waals surface area contributed by atoms with Crippen molar-refractivity contribution in [3.63, 3.8) is 0 Å². The lowest BCUT2D eigenvalue weighted by Crippen LogP contribution is -1.89. The van der Waals surface area contributed by atoms with Crippen LogP contribution in [-0.4, -0.2) is 10.1 Å². The number of nitrogens with zero attached hydrogens (tertiary/aromatic N) is 1. The molecule has 0 saturated carbocycles. The molecular formula is C12H11NO2. The van der Waals surface area contributed by atoms with Gasteiger partial charge in [-0.05, 0) is 24.3 Å². The van der Waals surface area contributed by atoms with Gasteiger partial charge in [-0.1, -0.05) is 18.2 Å². The van der Waals surface area contributed by atoms with Crippen LogP contribution in [-0.2, 0) is 6.61 Å². The average molecular weight is 201 g/mol. The Morgan fingerprint density at radius 2 is 1.80 bits per heavy atom. The summed E-state index contributed by atoms with van der Waals surface area (Å²) in [5, 5.41) is 8.81. The fraction of sp³-hybridized carbons (Fsp3) is 0.0833. The van der Waals surface area contributed by atoms with Crippen LogP contribution >= 0.6 is 0 Å². The number of pyridine rings is 1. The molecule has 1 heterocycles. The molecule has 2 rings (SSSR count). The second kappa shape index (κ2) is 4.57. The fourth-order valence-corrected chi connectivity index (χ4v) is 1.19. The third kappa shape index (κ3) is 2.54. The topological polar surface area (TPSA) is 42.4 Å². The van der Waals surface area contributed by atoms with E-state index >= 15 is 0 Å². The van der Waals surface area contributed by atoms with Crippen LogP contribution < -0.4 is 4.74 Å². The molecule has 0 fully saturated rings. The van der Waals surface area contributed by atoms with Crippen LogP contribution in [0.25, 0.3) is 0 Å². The van der Waals surface area contributed by atoms with Gasteiger partial charge >= 0.3 is 0 Å². The Hall–Kier alpha value is -1.87. The van der Waals surface area contributed by atoms with E-state index in [1.807, 2.05) is 30.3 Å². The lowest BCUT2D eigenvalue weighted by Gasteiger charge is -2.04. The van der Waals surface area contributed by atoms with E-state index in [4.69, 9.17) is 9.84 Å². The Morgan fingerprint density at radius 1 is 1.00 bits per heavy atom.